The first kappa shape index (κ1) is 25.1. The number of nitrogens with one attached hydrogen (secondary N) is 5. The Hall–Kier alpha value is -4.05. The minimum atomic E-state index is -0.910. The van der Waals surface area contributed by atoms with Gasteiger partial charge in [0, 0.05) is 54.7 Å². The molecule has 8 nitrogen and oxygen atoms in total. The van der Waals surface area contributed by atoms with Gasteiger partial charge in [-0.25, -0.2) is 13.6 Å². The lowest BCUT2D eigenvalue weighted by Gasteiger charge is -2.34. The Morgan fingerprint density at radius 3 is 2.31 bits per heavy atom. The van der Waals surface area contributed by atoms with Crippen LogP contribution in [0.1, 0.15) is 19.4 Å². The summed E-state index contributed by atoms with van der Waals surface area (Å²) in [4.78, 5) is 24.1. The van der Waals surface area contributed by atoms with Gasteiger partial charge in [-0.15, -0.1) is 0 Å². The predicted octanol–water partition coefficient (Wildman–Crippen LogP) is 3.40. The minimum absolute atomic E-state index is 0.0796. The summed E-state index contributed by atoms with van der Waals surface area (Å²) in [7, 11) is 0. The third-order valence-electron chi connectivity index (χ3n) is 5.80. The van der Waals surface area contributed by atoms with E-state index < -0.39 is 23.6 Å². The van der Waals surface area contributed by atoms with Crippen LogP contribution in [0.3, 0.4) is 0 Å². The van der Waals surface area contributed by atoms with E-state index in [2.05, 4.69) is 21.3 Å². The van der Waals surface area contributed by atoms with Crippen molar-refractivity contribution in [3.05, 3.63) is 77.1 Å². The number of dihydropyridines is 1. The summed E-state index contributed by atoms with van der Waals surface area (Å²) in [6.45, 7) is 4.50. The maximum atomic E-state index is 13.9. The van der Waals surface area contributed by atoms with Crippen LogP contribution in [0.4, 0.5) is 20.2 Å². The first-order valence-electron chi connectivity index (χ1n) is 11.6. The van der Waals surface area contributed by atoms with E-state index in [0.29, 0.717) is 41.2 Å². The van der Waals surface area contributed by atoms with E-state index in [4.69, 9.17) is 10.1 Å². The monoisotopic (exact) mass is 495 g/mol. The fourth-order valence-corrected chi connectivity index (χ4v) is 4.04. The number of esters is 1. The number of halogens is 2. The number of hydrogen-bond acceptors (Lipinski definition) is 7. The molecule has 0 spiro atoms. The van der Waals surface area contributed by atoms with Crippen molar-refractivity contribution in [2.24, 2.45) is 5.92 Å². The largest absolute Gasteiger partial charge is 0.464 e. The molecule has 5 N–H and O–H groups in total. The second kappa shape index (κ2) is 10.7. The highest BCUT2D eigenvalue weighted by Gasteiger charge is 2.34. The van der Waals surface area contributed by atoms with Crippen LogP contribution in [0.2, 0.25) is 0 Å². The van der Waals surface area contributed by atoms with Crippen LogP contribution in [0.25, 0.3) is 5.57 Å². The molecule has 2 aliphatic heterocycles. The van der Waals surface area contributed by atoms with Crippen molar-refractivity contribution >= 4 is 34.5 Å². The Morgan fingerprint density at radius 2 is 1.75 bits per heavy atom. The van der Waals surface area contributed by atoms with E-state index in [0.717, 1.165) is 18.2 Å². The van der Waals surface area contributed by atoms with Gasteiger partial charge in [0.2, 0.25) is 5.91 Å². The summed E-state index contributed by atoms with van der Waals surface area (Å²) < 4.78 is 33.1. The Labute approximate surface area is 207 Å². The van der Waals surface area contributed by atoms with E-state index in [1.54, 1.807) is 37.3 Å². The molecule has 2 aromatic carbocycles. The molecule has 188 valence electrons. The van der Waals surface area contributed by atoms with Crippen LogP contribution in [0.15, 0.2) is 59.9 Å². The highest BCUT2D eigenvalue weighted by atomic mass is 19.1. The Kier molecular flexibility index (Phi) is 7.44. The Balaban J connectivity index is 1.82. The van der Waals surface area contributed by atoms with Crippen molar-refractivity contribution in [3.63, 3.8) is 0 Å². The molecule has 0 aromatic heterocycles. The minimum Gasteiger partial charge on any atom is -0.464 e. The molecular weight excluding hydrogens is 468 g/mol. The topological polar surface area (TPSA) is 115 Å². The van der Waals surface area contributed by atoms with Crippen LogP contribution >= 0.6 is 0 Å². The third kappa shape index (κ3) is 5.60. The molecule has 0 radical (unpaired) electrons. The average molecular weight is 496 g/mol. The molecule has 1 atom stereocenters. The molecule has 36 heavy (non-hydrogen) atoms. The molecule has 2 heterocycles. The van der Waals surface area contributed by atoms with Crippen molar-refractivity contribution in [3.8, 4) is 0 Å². The number of hydrogen-bond donors (Lipinski definition) is 5. The van der Waals surface area contributed by atoms with Crippen molar-refractivity contribution in [2.75, 3.05) is 30.3 Å². The normalized spacial score (nSPS) is 17.4. The number of anilines is 2. The van der Waals surface area contributed by atoms with Gasteiger partial charge >= 0.3 is 5.97 Å². The molecule has 1 unspecified atom stereocenters. The number of amides is 1. The third-order valence-corrected chi connectivity index (χ3v) is 5.80. The molecule has 0 saturated carbocycles. The van der Waals surface area contributed by atoms with Gasteiger partial charge in [-0.3, -0.25) is 4.79 Å². The molecule has 1 amide bonds. The molecule has 2 aliphatic rings. The van der Waals surface area contributed by atoms with Gasteiger partial charge in [0.05, 0.1) is 6.61 Å². The van der Waals surface area contributed by atoms with E-state index in [-0.39, 0.29) is 29.9 Å². The molecule has 2 aromatic rings. The summed E-state index contributed by atoms with van der Waals surface area (Å²) in [5.74, 6) is -2.09. The zero-order chi connectivity index (χ0) is 25.8. The number of benzene rings is 2. The molecule has 4 rings (SSSR count). The first-order valence-corrected chi connectivity index (χ1v) is 11.6. The van der Waals surface area contributed by atoms with Crippen molar-refractivity contribution in [2.45, 2.75) is 19.9 Å². The summed E-state index contributed by atoms with van der Waals surface area (Å²) in [5, 5.41) is 20.8. The molecular formula is C26H27F2N5O3. The van der Waals surface area contributed by atoms with E-state index >= 15 is 0 Å². The summed E-state index contributed by atoms with van der Waals surface area (Å²) in [5.41, 5.74) is 2.77. The maximum Gasteiger partial charge on any atom is 0.332 e. The van der Waals surface area contributed by atoms with Gasteiger partial charge in [0.25, 0.3) is 0 Å². The SMILES string of the molecule is CCOC(=O)C1C=C(c2ccc(NC(C)=O)cc2)C(C(=N)C2CNC2)=C(Nc2cc(F)cc(F)c2)N1. The van der Waals surface area contributed by atoms with Gasteiger partial charge in [-0.2, -0.15) is 0 Å². The Morgan fingerprint density at radius 1 is 1.08 bits per heavy atom. The summed E-state index contributed by atoms with van der Waals surface area (Å²) in [6.07, 6.45) is 1.68. The standard InChI is InChI=1S/C26H27F2N5O3/c1-3-36-26(35)22-11-21(15-4-6-19(7-5-15)31-14(2)34)23(24(29)16-12-30-13-16)25(33-22)32-20-9-17(27)8-18(28)10-20/h4-11,16,22,29-30,32-33H,3,12-13H2,1-2H3,(H,31,34). The number of allylic oxidation sites excluding steroid dienone is 2. The number of ether oxygens (including phenoxy) is 1. The van der Waals surface area contributed by atoms with Gasteiger partial charge in [0.1, 0.15) is 23.5 Å². The van der Waals surface area contributed by atoms with Crippen LogP contribution in [-0.2, 0) is 14.3 Å². The molecule has 0 bridgehead atoms. The number of carbonyl (C=O) groups is 2. The fraction of sp³-hybridized carbons (Fsp3) is 0.269. The van der Waals surface area contributed by atoms with Crippen LogP contribution < -0.4 is 21.3 Å². The van der Waals surface area contributed by atoms with Crippen LogP contribution in [-0.4, -0.2) is 43.3 Å². The van der Waals surface area contributed by atoms with E-state index in [1.807, 2.05) is 0 Å². The lowest BCUT2D eigenvalue weighted by Crippen LogP contribution is -2.49. The molecule has 1 saturated heterocycles. The highest BCUT2D eigenvalue weighted by Crippen LogP contribution is 2.34. The zero-order valence-corrected chi connectivity index (χ0v) is 19.9. The lowest BCUT2D eigenvalue weighted by atomic mass is 9.83. The molecule has 10 heteroatoms. The summed E-state index contributed by atoms with van der Waals surface area (Å²) >= 11 is 0. The number of carbonyl (C=O) groups excluding carboxylic acids is 2. The van der Waals surface area contributed by atoms with Crippen molar-refractivity contribution < 1.29 is 23.1 Å². The van der Waals surface area contributed by atoms with Crippen LogP contribution in [0.5, 0.6) is 0 Å². The van der Waals surface area contributed by atoms with Crippen molar-refractivity contribution in [1.82, 2.24) is 10.6 Å². The average Bonchev–Trinajstić information content (AvgIpc) is 2.77. The van der Waals surface area contributed by atoms with Gasteiger partial charge in [0.15, 0.2) is 0 Å². The molecule has 1 fully saturated rings. The second-order valence-corrected chi connectivity index (χ2v) is 8.51. The highest BCUT2D eigenvalue weighted by molar-refractivity contribution is 6.15. The second-order valence-electron chi connectivity index (χ2n) is 8.51. The van der Waals surface area contributed by atoms with Crippen LogP contribution in [0, 0.1) is 23.0 Å². The van der Waals surface area contributed by atoms with Gasteiger partial charge in [-0.1, -0.05) is 12.1 Å². The van der Waals surface area contributed by atoms with Gasteiger partial charge in [-0.05, 0) is 48.4 Å². The van der Waals surface area contributed by atoms with Gasteiger partial charge < -0.3 is 31.4 Å². The Bertz CT molecular complexity index is 1230. The van der Waals surface area contributed by atoms with E-state index in [1.165, 1.54) is 6.92 Å². The summed E-state index contributed by atoms with van der Waals surface area (Å²) in [6, 6.07) is 9.10. The molecule has 0 aliphatic carbocycles. The fourth-order valence-electron chi connectivity index (χ4n) is 4.04. The lowest BCUT2D eigenvalue weighted by molar-refractivity contribution is -0.144. The quantitative estimate of drug-likeness (QED) is 0.283. The predicted molar refractivity (Wildman–Crippen MR) is 133 cm³/mol. The smallest absolute Gasteiger partial charge is 0.332 e. The zero-order valence-electron chi connectivity index (χ0n) is 19.9. The van der Waals surface area contributed by atoms with Crippen molar-refractivity contribution in [1.29, 1.82) is 5.41 Å². The van der Waals surface area contributed by atoms with E-state index in [9.17, 15) is 18.4 Å². The first-order chi connectivity index (χ1) is 17.2. The maximum absolute atomic E-state index is 13.9. The number of rotatable bonds is 8.